The monoisotopic (exact) mass is 270 g/mol. The van der Waals surface area contributed by atoms with Crippen molar-refractivity contribution in [3.63, 3.8) is 0 Å². The van der Waals surface area contributed by atoms with Crippen LogP contribution in [0.2, 0.25) is 0 Å². The normalized spacial score (nSPS) is 37.9. The van der Waals surface area contributed by atoms with Crippen molar-refractivity contribution < 1.29 is 4.79 Å². The summed E-state index contributed by atoms with van der Waals surface area (Å²) >= 11 is 0. The molecule has 106 valence electrons. The fourth-order valence-electron chi connectivity index (χ4n) is 5.25. The number of carbonyl (C=O) groups is 1. The molecule has 1 aromatic carbocycles. The molecule has 20 heavy (non-hydrogen) atoms. The number of amides is 1. The van der Waals surface area contributed by atoms with Gasteiger partial charge in [0.1, 0.15) is 0 Å². The molecule has 0 aliphatic heterocycles. The molecule has 1 amide bonds. The third kappa shape index (κ3) is 1.83. The fourth-order valence-corrected chi connectivity index (χ4v) is 5.25. The Morgan fingerprint density at radius 2 is 1.60 bits per heavy atom. The SMILES string of the molecule is Nc1ccccc1NC(=O)C12CC3CC(CC(C3)C1)C2. The first-order valence-corrected chi connectivity index (χ1v) is 7.81. The van der Waals surface area contributed by atoms with Gasteiger partial charge < -0.3 is 11.1 Å². The van der Waals surface area contributed by atoms with Crippen LogP contribution >= 0.6 is 0 Å². The fraction of sp³-hybridized carbons (Fsp3) is 0.588. The van der Waals surface area contributed by atoms with Gasteiger partial charge in [-0.25, -0.2) is 0 Å². The van der Waals surface area contributed by atoms with Gasteiger partial charge in [0, 0.05) is 0 Å². The van der Waals surface area contributed by atoms with Crippen molar-refractivity contribution in [3.05, 3.63) is 24.3 Å². The van der Waals surface area contributed by atoms with Crippen LogP contribution < -0.4 is 11.1 Å². The molecular formula is C17H22N2O. The maximum absolute atomic E-state index is 12.9. The summed E-state index contributed by atoms with van der Waals surface area (Å²) in [7, 11) is 0. The van der Waals surface area contributed by atoms with E-state index >= 15 is 0 Å². The lowest BCUT2D eigenvalue weighted by atomic mass is 9.49. The lowest BCUT2D eigenvalue weighted by Gasteiger charge is -2.55. The largest absolute Gasteiger partial charge is 0.397 e. The summed E-state index contributed by atoms with van der Waals surface area (Å²) in [4.78, 5) is 12.9. The van der Waals surface area contributed by atoms with E-state index in [0.29, 0.717) is 5.69 Å². The quantitative estimate of drug-likeness (QED) is 0.809. The highest BCUT2D eigenvalue weighted by Gasteiger charge is 2.54. The van der Waals surface area contributed by atoms with Gasteiger partial charge in [0.25, 0.3) is 0 Å². The lowest BCUT2D eigenvalue weighted by molar-refractivity contribution is -0.140. The first-order valence-electron chi connectivity index (χ1n) is 7.81. The predicted molar refractivity (Wildman–Crippen MR) is 80.1 cm³/mol. The van der Waals surface area contributed by atoms with Crippen molar-refractivity contribution in [2.45, 2.75) is 38.5 Å². The van der Waals surface area contributed by atoms with Crippen LogP contribution in [0.3, 0.4) is 0 Å². The van der Waals surface area contributed by atoms with E-state index in [1.54, 1.807) is 0 Å². The Balaban J connectivity index is 1.58. The van der Waals surface area contributed by atoms with Gasteiger partial charge in [-0.2, -0.15) is 0 Å². The first kappa shape index (κ1) is 12.2. The van der Waals surface area contributed by atoms with Gasteiger partial charge in [-0.3, -0.25) is 4.79 Å². The van der Waals surface area contributed by atoms with Gasteiger partial charge in [0.15, 0.2) is 0 Å². The number of nitrogen functional groups attached to an aromatic ring is 1. The van der Waals surface area contributed by atoms with Crippen molar-refractivity contribution in [3.8, 4) is 0 Å². The van der Waals surface area contributed by atoms with Crippen LogP contribution in [0.25, 0.3) is 0 Å². The van der Waals surface area contributed by atoms with Crippen LogP contribution in [0, 0.1) is 23.2 Å². The van der Waals surface area contributed by atoms with E-state index in [9.17, 15) is 4.79 Å². The molecule has 0 radical (unpaired) electrons. The average molecular weight is 270 g/mol. The first-order chi connectivity index (χ1) is 9.64. The highest BCUT2D eigenvalue weighted by molar-refractivity contribution is 5.98. The predicted octanol–water partition coefficient (Wildman–Crippen LogP) is 3.42. The lowest BCUT2D eigenvalue weighted by Crippen LogP contribution is -2.51. The molecule has 0 spiro atoms. The number of hydrogen-bond acceptors (Lipinski definition) is 2. The highest BCUT2D eigenvalue weighted by Crippen LogP contribution is 2.60. The van der Waals surface area contributed by atoms with Gasteiger partial charge in [0.05, 0.1) is 16.8 Å². The Morgan fingerprint density at radius 3 is 2.15 bits per heavy atom. The van der Waals surface area contributed by atoms with Crippen molar-refractivity contribution >= 4 is 17.3 Å². The van der Waals surface area contributed by atoms with Gasteiger partial charge in [0.2, 0.25) is 5.91 Å². The van der Waals surface area contributed by atoms with E-state index < -0.39 is 0 Å². The van der Waals surface area contributed by atoms with Crippen molar-refractivity contribution in [2.75, 3.05) is 11.1 Å². The zero-order chi connectivity index (χ0) is 13.7. The number of nitrogens with two attached hydrogens (primary N) is 1. The van der Waals surface area contributed by atoms with Gasteiger partial charge in [-0.05, 0) is 68.4 Å². The smallest absolute Gasteiger partial charge is 0.230 e. The second-order valence-electron chi connectivity index (χ2n) is 7.24. The molecule has 0 saturated heterocycles. The minimum atomic E-state index is -0.100. The maximum atomic E-state index is 12.9. The summed E-state index contributed by atoms with van der Waals surface area (Å²) in [6, 6.07) is 7.56. The summed E-state index contributed by atoms with van der Waals surface area (Å²) in [5.41, 5.74) is 7.27. The van der Waals surface area contributed by atoms with Gasteiger partial charge in [-0.1, -0.05) is 12.1 Å². The number of carbonyl (C=O) groups excluding carboxylic acids is 1. The number of para-hydroxylation sites is 2. The topological polar surface area (TPSA) is 55.1 Å². The Hall–Kier alpha value is -1.51. The van der Waals surface area contributed by atoms with E-state index in [1.165, 1.54) is 19.3 Å². The summed E-state index contributed by atoms with van der Waals surface area (Å²) in [6.07, 6.45) is 7.37. The molecule has 4 bridgehead atoms. The molecular weight excluding hydrogens is 248 g/mol. The second kappa shape index (κ2) is 4.24. The summed E-state index contributed by atoms with van der Waals surface area (Å²) < 4.78 is 0. The zero-order valence-corrected chi connectivity index (χ0v) is 11.8. The van der Waals surface area contributed by atoms with Crippen LogP contribution in [0.1, 0.15) is 38.5 Å². The second-order valence-corrected chi connectivity index (χ2v) is 7.24. The number of nitrogens with one attached hydrogen (secondary N) is 1. The third-order valence-electron chi connectivity index (χ3n) is 5.73. The Bertz CT molecular complexity index is 516. The van der Waals surface area contributed by atoms with E-state index in [2.05, 4.69) is 5.32 Å². The van der Waals surface area contributed by atoms with E-state index in [4.69, 9.17) is 5.73 Å². The van der Waals surface area contributed by atoms with Crippen LogP contribution in [0.15, 0.2) is 24.3 Å². The molecule has 3 N–H and O–H groups in total. The molecule has 4 aliphatic carbocycles. The standard InChI is InChI=1S/C17H22N2O/c18-14-3-1-2-4-15(14)19-16(20)17-8-11-5-12(9-17)7-13(6-11)10-17/h1-4,11-13H,5-10,18H2,(H,19,20). The molecule has 0 aromatic heterocycles. The molecule has 3 nitrogen and oxygen atoms in total. The average Bonchev–Trinajstić information content (AvgIpc) is 2.40. The number of rotatable bonds is 2. The summed E-state index contributed by atoms with van der Waals surface area (Å²) in [6.45, 7) is 0. The molecule has 0 heterocycles. The molecule has 0 unspecified atom stereocenters. The number of hydrogen-bond donors (Lipinski definition) is 2. The molecule has 4 fully saturated rings. The van der Waals surface area contributed by atoms with E-state index in [0.717, 1.165) is 42.7 Å². The Morgan fingerprint density at radius 1 is 1.05 bits per heavy atom. The highest BCUT2D eigenvalue weighted by atomic mass is 16.2. The summed E-state index contributed by atoms with van der Waals surface area (Å²) in [5, 5.41) is 3.10. The van der Waals surface area contributed by atoms with Crippen LogP contribution in [0.5, 0.6) is 0 Å². The minimum Gasteiger partial charge on any atom is -0.397 e. The maximum Gasteiger partial charge on any atom is 0.230 e. The van der Waals surface area contributed by atoms with E-state index in [1.807, 2.05) is 24.3 Å². The molecule has 4 aliphatic rings. The minimum absolute atomic E-state index is 0.100. The van der Waals surface area contributed by atoms with Gasteiger partial charge in [-0.15, -0.1) is 0 Å². The molecule has 3 heteroatoms. The summed E-state index contributed by atoms with van der Waals surface area (Å²) in [5.74, 6) is 2.59. The number of benzene rings is 1. The number of anilines is 2. The molecule has 1 aromatic rings. The van der Waals surface area contributed by atoms with Gasteiger partial charge >= 0.3 is 0 Å². The Kier molecular flexibility index (Phi) is 2.60. The van der Waals surface area contributed by atoms with Crippen LogP contribution in [-0.4, -0.2) is 5.91 Å². The van der Waals surface area contributed by atoms with Crippen molar-refractivity contribution in [1.29, 1.82) is 0 Å². The third-order valence-corrected chi connectivity index (χ3v) is 5.73. The zero-order valence-electron chi connectivity index (χ0n) is 11.8. The molecule has 4 saturated carbocycles. The molecule has 5 rings (SSSR count). The van der Waals surface area contributed by atoms with Crippen LogP contribution in [-0.2, 0) is 4.79 Å². The van der Waals surface area contributed by atoms with Crippen molar-refractivity contribution in [1.82, 2.24) is 0 Å². The van der Waals surface area contributed by atoms with E-state index in [-0.39, 0.29) is 11.3 Å². The Labute approximate surface area is 119 Å². The molecule has 0 atom stereocenters. The van der Waals surface area contributed by atoms with Crippen molar-refractivity contribution in [2.24, 2.45) is 23.2 Å². The van der Waals surface area contributed by atoms with Crippen LogP contribution in [0.4, 0.5) is 11.4 Å².